The summed E-state index contributed by atoms with van der Waals surface area (Å²) in [6.45, 7) is 4.36. The molecule has 0 aliphatic heterocycles. The van der Waals surface area contributed by atoms with E-state index in [0.29, 0.717) is 17.4 Å². The predicted molar refractivity (Wildman–Crippen MR) is 464 cm³/mol. The zero-order chi connectivity index (χ0) is 76.8. The van der Waals surface area contributed by atoms with Crippen LogP contribution in [0.2, 0.25) is 0 Å². The molecule has 0 fully saturated rings. The number of ether oxygens (including phenoxy) is 2. The highest BCUT2D eigenvalue weighted by Gasteiger charge is 2.27. The van der Waals surface area contributed by atoms with E-state index in [1.165, 1.54) is 270 Å². The average Bonchev–Trinajstić information content (AvgIpc) is 0.908. The van der Waals surface area contributed by atoms with Crippen LogP contribution in [-0.2, 0) is 32.7 Å². The highest BCUT2D eigenvalue weighted by molar-refractivity contribution is 7.47. The van der Waals surface area contributed by atoms with E-state index < -0.39 is 26.5 Å². The molecule has 0 aliphatic rings. The molecule has 0 spiro atoms. The van der Waals surface area contributed by atoms with Crippen molar-refractivity contribution in [1.82, 2.24) is 0 Å². The molecule has 0 radical (unpaired) electrons. The minimum absolute atomic E-state index is 0.0275. The molecule has 0 aromatic rings. The minimum atomic E-state index is -4.41. The maximum absolute atomic E-state index is 12.9. The van der Waals surface area contributed by atoms with Gasteiger partial charge in [0, 0.05) is 12.8 Å². The van der Waals surface area contributed by atoms with Gasteiger partial charge in [-0.25, -0.2) is 4.57 Å². The summed E-state index contributed by atoms with van der Waals surface area (Å²) >= 11 is 0. The number of allylic oxidation sites excluding steroid dienone is 22. The summed E-state index contributed by atoms with van der Waals surface area (Å²) in [6.07, 6.45) is 125. The van der Waals surface area contributed by atoms with Crippen molar-refractivity contribution < 1.29 is 42.1 Å². The van der Waals surface area contributed by atoms with Crippen LogP contribution in [0.15, 0.2) is 134 Å². The number of likely N-dealkylation sites (N-methyl/N-ethyl adjacent to an activating group) is 1. The maximum atomic E-state index is 12.9. The number of phosphoric acid groups is 1. The molecule has 0 saturated carbocycles. The Balaban J connectivity index is 3.93. The molecular formula is C96H171NO8P+. The molecule has 0 aromatic heterocycles. The third kappa shape index (κ3) is 89.0. The second-order valence-electron chi connectivity index (χ2n) is 31.3. The van der Waals surface area contributed by atoms with Crippen LogP contribution in [0.5, 0.6) is 0 Å². The van der Waals surface area contributed by atoms with E-state index in [2.05, 4.69) is 148 Å². The first kappa shape index (κ1) is 102. The second-order valence-corrected chi connectivity index (χ2v) is 32.7. The molecule has 0 aromatic carbocycles. The highest BCUT2D eigenvalue weighted by Crippen LogP contribution is 2.43. The average molecular weight is 1500 g/mol. The van der Waals surface area contributed by atoms with E-state index in [1.54, 1.807) is 0 Å². The van der Waals surface area contributed by atoms with E-state index in [4.69, 9.17) is 18.5 Å². The molecule has 0 aliphatic carbocycles. The quantitative estimate of drug-likeness (QED) is 0.0211. The van der Waals surface area contributed by atoms with Gasteiger partial charge in [0.25, 0.3) is 0 Å². The Bertz CT molecular complexity index is 2260. The first-order valence-electron chi connectivity index (χ1n) is 44.9. The molecule has 1 N–H and O–H groups in total. The van der Waals surface area contributed by atoms with Crippen molar-refractivity contribution in [1.29, 1.82) is 0 Å². The molecule has 0 amide bonds. The summed E-state index contributed by atoms with van der Waals surface area (Å²) in [5.74, 6) is -0.791. The number of hydrogen-bond acceptors (Lipinski definition) is 7. The van der Waals surface area contributed by atoms with Gasteiger partial charge in [-0.3, -0.25) is 18.6 Å². The monoisotopic (exact) mass is 1500 g/mol. The second kappa shape index (κ2) is 85.2. The number of hydrogen-bond donors (Lipinski definition) is 1. The van der Waals surface area contributed by atoms with Crippen LogP contribution in [0.4, 0.5) is 0 Å². The third-order valence-corrected chi connectivity index (χ3v) is 20.6. The first-order chi connectivity index (χ1) is 52.0. The van der Waals surface area contributed by atoms with Crippen molar-refractivity contribution in [2.75, 3.05) is 47.5 Å². The normalized spacial score (nSPS) is 13.6. The van der Waals surface area contributed by atoms with Gasteiger partial charge in [0.1, 0.15) is 19.8 Å². The van der Waals surface area contributed by atoms with Gasteiger partial charge in [-0.1, -0.05) is 417 Å². The SMILES string of the molecule is CC/C=C\C/C=C\C/C=C\C/C=C\C/C=C\C/C=C\C/C=C\C/C=C\C/C=C\C/C=C\CCCCCCCCCCCCC(=O)OC(COC(=O)CCCCCCCCCCCCCCCCCCCCCCCCCCCCCCC/C=C\CCCCCCCCCC)COP(=O)(O)OCC[N+](C)(C)C. The van der Waals surface area contributed by atoms with Crippen LogP contribution in [0, 0.1) is 0 Å². The van der Waals surface area contributed by atoms with Gasteiger partial charge in [0.15, 0.2) is 6.10 Å². The van der Waals surface area contributed by atoms with Crippen molar-refractivity contribution in [3.05, 3.63) is 134 Å². The van der Waals surface area contributed by atoms with Crippen LogP contribution in [-0.4, -0.2) is 74.9 Å². The number of nitrogens with zero attached hydrogens (tertiary/aromatic N) is 1. The summed E-state index contributed by atoms with van der Waals surface area (Å²) in [4.78, 5) is 36.1. The number of carbonyl (C=O) groups excluding carboxylic acids is 2. The molecule has 0 heterocycles. The topological polar surface area (TPSA) is 108 Å². The van der Waals surface area contributed by atoms with Crippen LogP contribution in [0.1, 0.15) is 412 Å². The third-order valence-electron chi connectivity index (χ3n) is 19.7. The Labute approximate surface area is 657 Å². The first-order valence-corrected chi connectivity index (χ1v) is 46.4. The van der Waals surface area contributed by atoms with Gasteiger partial charge in [-0.05, 0) is 116 Å². The van der Waals surface area contributed by atoms with Crippen molar-refractivity contribution >= 4 is 19.8 Å². The smallest absolute Gasteiger partial charge is 0.462 e. The number of unbranched alkanes of at least 4 members (excludes halogenated alkanes) is 47. The van der Waals surface area contributed by atoms with Crippen molar-refractivity contribution in [3.63, 3.8) is 0 Å². The molecule has 0 saturated heterocycles. The summed E-state index contributed by atoms with van der Waals surface area (Å²) in [6, 6.07) is 0. The fraction of sp³-hybridized carbons (Fsp3) is 0.750. The fourth-order valence-corrected chi connectivity index (χ4v) is 13.6. The number of rotatable bonds is 83. The Morgan fingerprint density at radius 2 is 0.538 bits per heavy atom. The van der Waals surface area contributed by atoms with Gasteiger partial charge in [-0.2, -0.15) is 0 Å². The Hall–Kier alpha value is -3.85. The number of esters is 2. The number of phosphoric ester groups is 1. The largest absolute Gasteiger partial charge is 0.472 e. The summed E-state index contributed by atoms with van der Waals surface area (Å²) in [7, 11) is 1.48. The maximum Gasteiger partial charge on any atom is 0.472 e. The summed E-state index contributed by atoms with van der Waals surface area (Å²) < 4.78 is 34.9. The zero-order valence-corrected chi connectivity index (χ0v) is 71.0. The van der Waals surface area contributed by atoms with Crippen molar-refractivity contribution in [3.8, 4) is 0 Å². The minimum Gasteiger partial charge on any atom is -0.462 e. The lowest BCUT2D eigenvalue weighted by Gasteiger charge is -2.24. The summed E-state index contributed by atoms with van der Waals surface area (Å²) in [5, 5.41) is 0. The van der Waals surface area contributed by atoms with Gasteiger partial charge in [0.05, 0.1) is 27.7 Å². The molecule has 106 heavy (non-hydrogen) atoms. The lowest BCUT2D eigenvalue weighted by Crippen LogP contribution is -2.37. The van der Waals surface area contributed by atoms with Crippen molar-refractivity contribution in [2.45, 2.75) is 418 Å². The van der Waals surface area contributed by atoms with Crippen LogP contribution in [0.3, 0.4) is 0 Å². The van der Waals surface area contributed by atoms with E-state index in [1.807, 2.05) is 21.1 Å². The summed E-state index contributed by atoms with van der Waals surface area (Å²) in [5.41, 5.74) is 0. The van der Waals surface area contributed by atoms with E-state index in [9.17, 15) is 19.0 Å². The van der Waals surface area contributed by atoms with E-state index in [-0.39, 0.29) is 32.0 Å². The molecular weight excluding hydrogens is 1330 g/mol. The van der Waals surface area contributed by atoms with Crippen LogP contribution < -0.4 is 0 Å². The molecule has 0 bridgehead atoms. The van der Waals surface area contributed by atoms with Gasteiger partial charge in [-0.15, -0.1) is 0 Å². The highest BCUT2D eigenvalue weighted by atomic mass is 31.2. The van der Waals surface area contributed by atoms with Crippen LogP contribution in [0.25, 0.3) is 0 Å². The molecule has 2 unspecified atom stereocenters. The lowest BCUT2D eigenvalue weighted by molar-refractivity contribution is -0.870. The van der Waals surface area contributed by atoms with E-state index >= 15 is 0 Å². The lowest BCUT2D eigenvalue weighted by atomic mass is 10.0. The molecule has 0 rings (SSSR count). The number of quaternary nitrogens is 1. The molecule has 10 heteroatoms. The molecule has 612 valence electrons. The van der Waals surface area contributed by atoms with Gasteiger partial charge >= 0.3 is 19.8 Å². The Kier molecular flexibility index (Phi) is 82.1. The number of carbonyl (C=O) groups is 2. The fourth-order valence-electron chi connectivity index (χ4n) is 12.9. The van der Waals surface area contributed by atoms with E-state index in [0.717, 1.165) is 109 Å². The molecule has 2 atom stereocenters. The predicted octanol–water partition coefficient (Wildman–Crippen LogP) is 30.6. The van der Waals surface area contributed by atoms with Gasteiger partial charge in [0.2, 0.25) is 0 Å². The van der Waals surface area contributed by atoms with Crippen LogP contribution >= 0.6 is 7.82 Å². The van der Waals surface area contributed by atoms with Crippen molar-refractivity contribution in [2.24, 2.45) is 0 Å². The Morgan fingerprint density at radius 1 is 0.302 bits per heavy atom. The standard InChI is InChI=1S/C96H170NO8P/c1-6-8-10-12-14-16-18-20-22-24-26-28-30-32-34-36-38-40-42-44-46-48-50-52-54-56-58-60-62-64-66-68-70-72-74-76-78-80-82-84-86-88-95(98)102-92-94(93-104-106(100,101)103-91-90-97(3,4)5)105-96(99)89-87-85-83-81-79-77-75-73-71-69-67-65-63-61-59-57-55-53-51-49-47-45-43-41-39-37-35-33-31-29-27-25-23-21-19-17-15-13-11-9-7-2/h9,11,15,17,21,23-24,26-27,29,33,35,39,41,45,47,51,53,57,59,63,65,94H,6-8,10,12-14,16,18-20,22,25,28,30-32,34,36-38,40,42-44,46,48-50,52,54-56,58,60-62,64,66-93H2,1-5H3/p+1/b11-9-,17-15-,23-21-,26-24-,29-27-,35-33-,41-39-,47-45-,53-51-,59-57-,65-63-. The Morgan fingerprint density at radius 3 is 0.811 bits per heavy atom. The zero-order valence-electron chi connectivity index (χ0n) is 70.1. The van der Waals surface area contributed by atoms with Gasteiger partial charge < -0.3 is 18.9 Å². The molecule has 9 nitrogen and oxygen atoms in total.